The van der Waals surface area contributed by atoms with Crippen molar-refractivity contribution >= 4 is 40.9 Å². The van der Waals surface area contributed by atoms with Crippen LogP contribution in [0, 0.1) is 0 Å². The fraction of sp³-hybridized carbons (Fsp3) is 0.357. The van der Waals surface area contributed by atoms with Crippen molar-refractivity contribution in [3.8, 4) is 0 Å². The van der Waals surface area contributed by atoms with E-state index >= 15 is 0 Å². The zero-order valence-corrected chi connectivity index (χ0v) is 15.5. The highest BCUT2D eigenvalue weighted by Gasteiger charge is 2.31. The minimum atomic E-state index is -4.55. The van der Waals surface area contributed by atoms with Gasteiger partial charge in [0.25, 0.3) is 5.91 Å². The van der Waals surface area contributed by atoms with Crippen molar-refractivity contribution in [2.45, 2.75) is 13.1 Å². The van der Waals surface area contributed by atoms with Crippen LogP contribution in [0.2, 0.25) is 0 Å². The van der Waals surface area contributed by atoms with Gasteiger partial charge in [-0.3, -0.25) is 13.9 Å². The van der Waals surface area contributed by atoms with E-state index in [0.29, 0.717) is 17.2 Å². The van der Waals surface area contributed by atoms with Crippen molar-refractivity contribution in [1.82, 2.24) is 8.61 Å². The molecule has 0 saturated heterocycles. The van der Waals surface area contributed by atoms with E-state index in [1.54, 1.807) is 13.2 Å². The van der Waals surface area contributed by atoms with Crippen molar-refractivity contribution in [2.75, 3.05) is 20.4 Å². The first-order valence-corrected chi connectivity index (χ1v) is 8.68. The maximum absolute atomic E-state index is 12.7. The predicted molar refractivity (Wildman–Crippen MR) is 92.0 cm³/mol. The molecule has 0 fully saturated rings. The van der Waals surface area contributed by atoms with E-state index in [-0.39, 0.29) is 5.56 Å². The van der Waals surface area contributed by atoms with Gasteiger partial charge in [0.2, 0.25) is 0 Å². The Bertz CT molecular complexity index is 668. The predicted octanol–water partition coefficient (Wildman–Crippen LogP) is 4.11. The number of nitrogens with zero attached hydrogens (tertiary/aromatic N) is 3. The van der Waals surface area contributed by atoms with E-state index in [1.807, 2.05) is 0 Å². The van der Waals surface area contributed by atoms with Gasteiger partial charge in [0.1, 0.15) is 5.04 Å². The van der Waals surface area contributed by atoms with E-state index in [9.17, 15) is 22.8 Å². The Morgan fingerprint density at radius 3 is 2.40 bits per heavy atom. The molecule has 1 rings (SSSR count). The Balaban J connectivity index is 2.75. The summed E-state index contributed by atoms with van der Waals surface area (Å²) in [7, 11) is 2.67. The van der Waals surface area contributed by atoms with Crippen LogP contribution in [-0.2, 0) is 11.0 Å². The highest BCUT2D eigenvalue weighted by Crippen LogP contribution is 2.30. The molecule has 0 aliphatic carbocycles. The van der Waals surface area contributed by atoms with Gasteiger partial charge in [-0.1, -0.05) is 11.2 Å². The number of amides is 2. The van der Waals surface area contributed by atoms with Crippen molar-refractivity contribution in [2.24, 2.45) is 5.16 Å². The number of alkyl halides is 3. The van der Waals surface area contributed by atoms with Crippen LogP contribution in [0.25, 0.3) is 0 Å². The molecule has 0 bridgehead atoms. The summed E-state index contributed by atoms with van der Waals surface area (Å²) in [6.07, 6.45) is -3.62. The van der Waals surface area contributed by atoms with Crippen LogP contribution < -0.4 is 0 Å². The molecule has 0 atom stereocenters. The molecule has 138 valence electrons. The van der Waals surface area contributed by atoms with Crippen molar-refractivity contribution in [3.63, 3.8) is 0 Å². The lowest BCUT2D eigenvalue weighted by atomic mass is 10.1. The highest BCUT2D eigenvalue weighted by atomic mass is 32.2. The minimum absolute atomic E-state index is 0.150. The van der Waals surface area contributed by atoms with Crippen LogP contribution >= 0.6 is 23.9 Å². The summed E-state index contributed by atoms with van der Waals surface area (Å²) >= 11 is 1.96. The average molecular weight is 395 g/mol. The molecule has 25 heavy (non-hydrogen) atoms. The standard InChI is InChI=1S/C14H16F3N3O3S2/c1-9(24-4)18-23-13(22)20(3)25-19(2)12(21)10-6-5-7-11(8-10)14(15,16)17/h5-8H,1-4H3/b18-9-. The number of oxime groups is 1. The molecule has 0 aliphatic rings. The molecule has 1 aromatic rings. The van der Waals surface area contributed by atoms with Crippen molar-refractivity contribution in [1.29, 1.82) is 0 Å². The minimum Gasteiger partial charge on any atom is -0.296 e. The van der Waals surface area contributed by atoms with Crippen molar-refractivity contribution < 1.29 is 27.6 Å². The maximum atomic E-state index is 12.7. The summed E-state index contributed by atoms with van der Waals surface area (Å²) in [5.41, 5.74) is -1.07. The van der Waals surface area contributed by atoms with Gasteiger partial charge in [0.05, 0.1) is 17.7 Å². The third kappa shape index (κ3) is 6.50. The molecule has 0 radical (unpaired) electrons. The second-order valence-corrected chi connectivity index (χ2v) is 6.89. The summed E-state index contributed by atoms with van der Waals surface area (Å²) in [5, 5.41) is 4.09. The molecule has 0 unspecified atom stereocenters. The van der Waals surface area contributed by atoms with Gasteiger partial charge in [-0.2, -0.15) is 13.2 Å². The molecule has 0 spiro atoms. The number of carbonyl (C=O) groups is 2. The topological polar surface area (TPSA) is 62.2 Å². The Morgan fingerprint density at radius 1 is 1.20 bits per heavy atom. The Hall–Kier alpha value is -1.88. The van der Waals surface area contributed by atoms with Gasteiger partial charge in [-0.05, 0) is 31.4 Å². The van der Waals surface area contributed by atoms with E-state index in [1.165, 1.54) is 31.9 Å². The maximum Gasteiger partial charge on any atom is 0.447 e. The molecule has 0 heterocycles. The molecule has 0 saturated carbocycles. The third-order valence-corrected chi connectivity index (χ3v) is 4.24. The summed E-state index contributed by atoms with van der Waals surface area (Å²) in [5.74, 6) is -0.695. The monoisotopic (exact) mass is 395 g/mol. The van der Waals surface area contributed by atoms with Crippen LogP contribution in [0.4, 0.5) is 18.0 Å². The Kier molecular flexibility index (Phi) is 7.61. The molecule has 0 aromatic heterocycles. The zero-order valence-electron chi connectivity index (χ0n) is 13.8. The van der Waals surface area contributed by atoms with Crippen LogP contribution in [0.5, 0.6) is 0 Å². The lowest BCUT2D eigenvalue weighted by Crippen LogP contribution is -2.29. The summed E-state index contributed by atoms with van der Waals surface area (Å²) in [6.45, 7) is 1.65. The highest BCUT2D eigenvalue weighted by molar-refractivity contribution is 8.13. The van der Waals surface area contributed by atoms with Gasteiger partial charge >= 0.3 is 12.3 Å². The van der Waals surface area contributed by atoms with Gasteiger partial charge < -0.3 is 0 Å². The molecule has 11 heteroatoms. The summed E-state index contributed by atoms with van der Waals surface area (Å²) in [6, 6.07) is 4.04. The third-order valence-electron chi connectivity index (χ3n) is 2.77. The van der Waals surface area contributed by atoms with Crippen LogP contribution in [-0.4, -0.2) is 46.0 Å². The SMILES string of the molecule is CS/C(C)=N\OC(=O)N(C)SN(C)C(=O)c1cccc(C(F)(F)F)c1. The number of thioether (sulfide) groups is 1. The average Bonchev–Trinajstić information content (AvgIpc) is 2.57. The van der Waals surface area contributed by atoms with Crippen molar-refractivity contribution in [3.05, 3.63) is 35.4 Å². The lowest BCUT2D eigenvalue weighted by molar-refractivity contribution is -0.137. The molecule has 0 N–H and O–H groups in total. The number of hydrogen-bond acceptors (Lipinski definition) is 6. The van der Waals surface area contributed by atoms with Gasteiger partial charge in [-0.15, -0.1) is 11.8 Å². The fourth-order valence-electron chi connectivity index (χ4n) is 1.46. The van der Waals surface area contributed by atoms with E-state index in [0.717, 1.165) is 26.8 Å². The first kappa shape index (κ1) is 21.2. The van der Waals surface area contributed by atoms with Crippen LogP contribution in [0.15, 0.2) is 29.4 Å². The molecular weight excluding hydrogens is 379 g/mol. The lowest BCUT2D eigenvalue weighted by Gasteiger charge is -2.21. The van der Waals surface area contributed by atoms with Crippen LogP contribution in [0.3, 0.4) is 0 Å². The fourth-order valence-corrected chi connectivity index (χ4v) is 2.22. The number of rotatable bonds is 4. The largest absolute Gasteiger partial charge is 0.447 e. The number of benzene rings is 1. The first-order valence-electron chi connectivity index (χ1n) is 6.73. The number of hydrogen-bond donors (Lipinski definition) is 0. The Labute approximate surface area is 151 Å². The Morgan fingerprint density at radius 2 is 1.84 bits per heavy atom. The quantitative estimate of drug-likeness (QED) is 0.252. The first-order chi connectivity index (χ1) is 11.6. The van der Waals surface area contributed by atoms with E-state index in [2.05, 4.69) is 9.99 Å². The summed E-state index contributed by atoms with van der Waals surface area (Å²) in [4.78, 5) is 28.6. The van der Waals surface area contributed by atoms with Crippen LogP contribution in [0.1, 0.15) is 22.8 Å². The summed E-state index contributed by atoms with van der Waals surface area (Å²) < 4.78 is 40.1. The second kappa shape index (κ2) is 8.99. The van der Waals surface area contributed by atoms with Gasteiger partial charge in [0.15, 0.2) is 0 Å². The molecule has 0 aliphatic heterocycles. The van der Waals surface area contributed by atoms with Gasteiger partial charge in [0, 0.05) is 19.7 Å². The van der Waals surface area contributed by atoms with Gasteiger partial charge in [-0.25, -0.2) is 9.10 Å². The molecule has 2 amide bonds. The zero-order chi connectivity index (χ0) is 19.2. The number of carbonyl (C=O) groups excluding carboxylic acids is 2. The van der Waals surface area contributed by atoms with E-state index < -0.39 is 23.7 Å². The molecule has 1 aromatic carbocycles. The smallest absolute Gasteiger partial charge is 0.296 e. The van der Waals surface area contributed by atoms with E-state index in [4.69, 9.17) is 0 Å². The number of halogens is 3. The molecular formula is C14H16F3N3O3S2. The normalized spacial score (nSPS) is 11.9. The second-order valence-electron chi connectivity index (χ2n) is 4.63. The molecule has 6 nitrogen and oxygen atoms in total.